The predicted molar refractivity (Wildman–Crippen MR) is 146 cm³/mol. The van der Waals surface area contributed by atoms with Crippen LogP contribution in [0.25, 0.3) is 0 Å². The van der Waals surface area contributed by atoms with Crippen LogP contribution in [0.1, 0.15) is 0 Å². The molecule has 0 fully saturated rings. The summed E-state index contributed by atoms with van der Waals surface area (Å²) in [5, 5.41) is 2.79. The first-order valence-corrected chi connectivity index (χ1v) is 11.9. The number of hydrogen-bond acceptors (Lipinski definition) is 4. The van der Waals surface area contributed by atoms with Crippen LogP contribution in [0.2, 0.25) is 0 Å². The summed E-state index contributed by atoms with van der Waals surface area (Å²) < 4.78 is 1.91. The number of nitrogens with two attached hydrogens (primary N) is 4. The highest BCUT2D eigenvalue weighted by Gasteiger charge is 1.93. The van der Waals surface area contributed by atoms with Crippen LogP contribution in [0.15, 0.2) is 106 Å². The Labute approximate surface area is 202 Å². The van der Waals surface area contributed by atoms with Crippen LogP contribution in [0, 0.1) is 0 Å². The lowest BCUT2D eigenvalue weighted by Crippen LogP contribution is -2.01. The Hall–Kier alpha value is -2.53. The SMILES string of the molecule is Nc1ccc(Br)cc1N.Nc1ccc(Br)cc1N.c1ccc(Pc2ccccc2)cc1. The number of hydrogen-bond donors (Lipinski definition) is 4. The number of halogens is 2. The largest absolute Gasteiger partial charge is 0.397 e. The zero-order valence-corrected chi connectivity index (χ0v) is 21.0. The summed E-state index contributed by atoms with van der Waals surface area (Å²) in [5.74, 6) is 0. The second-order valence-electron chi connectivity index (χ2n) is 6.40. The molecule has 4 nitrogen and oxygen atoms in total. The van der Waals surface area contributed by atoms with Crippen LogP contribution < -0.4 is 33.5 Å². The first-order valence-electron chi connectivity index (χ1n) is 9.33. The fourth-order valence-corrected chi connectivity index (χ4v) is 4.11. The van der Waals surface area contributed by atoms with Gasteiger partial charge in [-0.3, -0.25) is 0 Å². The van der Waals surface area contributed by atoms with Crippen molar-refractivity contribution in [3.63, 3.8) is 0 Å². The van der Waals surface area contributed by atoms with Gasteiger partial charge in [0.2, 0.25) is 0 Å². The van der Waals surface area contributed by atoms with Crippen molar-refractivity contribution in [2.75, 3.05) is 22.9 Å². The van der Waals surface area contributed by atoms with Crippen LogP contribution in [-0.4, -0.2) is 0 Å². The van der Waals surface area contributed by atoms with Gasteiger partial charge in [0, 0.05) is 8.95 Å². The molecule has 0 aliphatic rings. The molecule has 4 aromatic rings. The van der Waals surface area contributed by atoms with Crippen molar-refractivity contribution in [1.82, 2.24) is 0 Å². The molecule has 0 saturated heterocycles. The summed E-state index contributed by atoms with van der Waals surface area (Å²) in [6.07, 6.45) is 0. The predicted octanol–water partition coefficient (Wildman–Crippen LogP) is 5.54. The van der Waals surface area contributed by atoms with Gasteiger partial charge in [0.25, 0.3) is 0 Å². The first kappa shape index (κ1) is 24.7. The van der Waals surface area contributed by atoms with Crippen molar-refractivity contribution in [3.8, 4) is 0 Å². The Morgan fingerprint density at radius 1 is 0.452 bits per heavy atom. The van der Waals surface area contributed by atoms with E-state index in [0.717, 1.165) is 17.5 Å². The van der Waals surface area contributed by atoms with Crippen molar-refractivity contribution in [3.05, 3.63) is 106 Å². The normalized spacial score (nSPS) is 9.61. The minimum atomic E-state index is 0.615. The van der Waals surface area contributed by atoms with Crippen LogP contribution in [-0.2, 0) is 0 Å². The molecular formula is C24H25Br2N4P. The van der Waals surface area contributed by atoms with E-state index in [0.29, 0.717) is 22.7 Å². The van der Waals surface area contributed by atoms with Crippen LogP contribution in [0.4, 0.5) is 22.7 Å². The minimum absolute atomic E-state index is 0.615. The van der Waals surface area contributed by atoms with Gasteiger partial charge < -0.3 is 22.9 Å². The Bertz CT molecular complexity index is 990. The lowest BCUT2D eigenvalue weighted by Gasteiger charge is -2.00. The highest BCUT2D eigenvalue weighted by atomic mass is 79.9. The second-order valence-corrected chi connectivity index (χ2v) is 9.64. The summed E-state index contributed by atoms with van der Waals surface area (Å²) in [6.45, 7) is 0. The van der Waals surface area contributed by atoms with E-state index in [-0.39, 0.29) is 0 Å². The number of benzene rings is 4. The van der Waals surface area contributed by atoms with E-state index in [2.05, 4.69) is 92.5 Å². The number of anilines is 4. The Morgan fingerprint density at radius 3 is 1.10 bits per heavy atom. The van der Waals surface area contributed by atoms with Crippen LogP contribution >= 0.6 is 40.4 Å². The van der Waals surface area contributed by atoms with E-state index in [1.807, 2.05) is 12.1 Å². The highest BCUT2D eigenvalue weighted by Crippen LogP contribution is 2.20. The lowest BCUT2D eigenvalue weighted by molar-refractivity contribution is 1.62. The van der Waals surface area contributed by atoms with Crippen molar-refractivity contribution in [2.24, 2.45) is 0 Å². The molecule has 0 aromatic heterocycles. The summed E-state index contributed by atoms with van der Waals surface area (Å²) in [7, 11) is 0.777. The van der Waals surface area contributed by atoms with Gasteiger partial charge >= 0.3 is 0 Å². The maximum absolute atomic E-state index is 5.47. The van der Waals surface area contributed by atoms with Crippen LogP contribution in [0.3, 0.4) is 0 Å². The van der Waals surface area contributed by atoms with Gasteiger partial charge in [0.05, 0.1) is 22.7 Å². The number of nitrogen functional groups attached to an aromatic ring is 4. The molecule has 0 aliphatic heterocycles. The monoisotopic (exact) mass is 558 g/mol. The third-order valence-corrected chi connectivity index (χ3v) is 6.16. The smallest absolute Gasteiger partial charge is 0.0559 e. The van der Waals surface area contributed by atoms with Gasteiger partial charge in [-0.1, -0.05) is 101 Å². The highest BCUT2D eigenvalue weighted by molar-refractivity contribution is 9.10. The molecule has 0 aliphatic carbocycles. The molecule has 0 atom stereocenters. The molecule has 0 radical (unpaired) electrons. The molecule has 0 saturated carbocycles. The van der Waals surface area contributed by atoms with Gasteiger partial charge in [-0.15, -0.1) is 0 Å². The molecule has 0 unspecified atom stereocenters. The van der Waals surface area contributed by atoms with Crippen molar-refractivity contribution in [2.45, 2.75) is 0 Å². The molecule has 0 heterocycles. The van der Waals surface area contributed by atoms with Crippen molar-refractivity contribution in [1.29, 1.82) is 0 Å². The maximum Gasteiger partial charge on any atom is 0.0559 e. The van der Waals surface area contributed by atoms with E-state index in [1.165, 1.54) is 10.6 Å². The quantitative estimate of drug-likeness (QED) is 0.191. The average Bonchev–Trinajstić information content (AvgIpc) is 2.76. The van der Waals surface area contributed by atoms with Gasteiger partial charge in [-0.2, -0.15) is 0 Å². The summed E-state index contributed by atoms with van der Waals surface area (Å²) in [6, 6.07) is 31.9. The second kappa shape index (κ2) is 13.0. The summed E-state index contributed by atoms with van der Waals surface area (Å²) in [4.78, 5) is 0. The Morgan fingerprint density at radius 2 is 0.806 bits per heavy atom. The van der Waals surface area contributed by atoms with Crippen LogP contribution in [0.5, 0.6) is 0 Å². The molecule has 0 amide bonds. The molecule has 4 rings (SSSR count). The van der Waals surface area contributed by atoms with Gasteiger partial charge in [0.15, 0.2) is 0 Å². The molecule has 8 N–H and O–H groups in total. The molecule has 0 spiro atoms. The van der Waals surface area contributed by atoms with E-state index < -0.39 is 0 Å². The molecule has 4 aromatic carbocycles. The molecule has 31 heavy (non-hydrogen) atoms. The summed E-state index contributed by atoms with van der Waals surface area (Å²) >= 11 is 6.52. The zero-order chi connectivity index (χ0) is 22.6. The Kier molecular flexibility index (Phi) is 10.4. The fourth-order valence-electron chi connectivity index (χ4n) is 2.30. The lowest BCUT2D eigenvalue weighted by atomic mass is 10.3. The fraction of sp³-hybridized carbons (Fsp3) is 0. The van der Waals surface area contributed by atoms with E-state index in [4.69, 9.17) is 22.9 Å². The van der Waals surface area contributed by atoms with Crippen molar-refractivity contribution >= 4 is 73.8 Å². The average molecular weight is 560 g/mol. The maximum atomic E-state index is 5.47. The van der Waals surface area contributed by atoms with Gasteiger partial charge in [-0.25, -0.2) is 0 Å². The molecular weight excluding hydrogens is 535 g/mol. The first-order chi connectivity index (χ1) is 14.8. The van der Waals surface area contributed by atoms with E-state index >= 15 is 0 Å². The zero-order valence-electron chi connectivity index (χ0n) is 16.8. The standard InChI is InChI=1S/C12H11P.2C6H7BrN2/c1-3-7-11(8-4-1)13-12-9-5-2-6-10-12;2*7-4-1-2-5(8)6(9)3-4/h1-10,13H;2*1-3H,8-9H2. The van der Waals surface area contributed by atoms with Crippen molar-refractivity contribution < 1.29 is 0 Å². The molecule has 0 bridgehead atoms. The number of rotatable bonds is 2. The van der Waals surface area contributed by atoms with E-state index in [1.54, 1.807) is 24.3 Å². The molecule has 160 valence electrons. The Balaban J connectivity index is 0.000000170. The molecule has 7 heteroatoms. The van der Waals surface area contributed by atoms with Gasteiger partial charge in [0.1, 0.15) is 0 Å². The summed E-state index contributed by atoms with van der Waals surface area (Å²) in [5.41, 5.74) is 24.3. The third kappa shape index (κ3) is 9.43. The van der Waals surface area contributed by atoms with E-state index in [9.17, 15) is 0 Å². The third-order valence-electron chi connectivity index (χ3n) is 3.93. The minimum Gasteiger partial charge on any atom is -0.397 e. The topological polar surface area (TPSA) is 104 Å². The van der Waals surface area contributed by atoms with Gasteiger partial charge in [-0.05, 0) is 47.0 Å².